The van der Waals surface area contributed by atoms with Crippen LogP contribution in [-0.4, -0.2) is 132 Å². The molecule has 3 fully saturated rings. The summed E-state index contributed by atoms with van der Waals surface area (Å²) >= 11 is 0. The van der Waals surface area contributed by atoms with Crippen LogP contribution in [0.5, 0.6) is 0 Å². The molecular weight excluding hydrogens is 722 g/mol. The van der Waals surface area contributed by atoms with Gasteiger partial charge in [0.2, 0.25) is 23.6 Å². The molecule has 2 aromatic carbocycles. The van der Waals surface area contributed by atoms with Gasteiger partial charge in [0.15, 0.2) is 0 Å². The van der Waals surface area contributed by atoms with Crippen molar-refractivity contribution in [3.8, 4) is 0 Å². The van der Waals surface area contributed by atoms with Gasteiger partial charge in [0.25, 0.3) is 0 Å². The van der Waals surface area contributed by atoms with E-state index in [1.54, 1.807) is 31.2 Å². The van der Waals surface area contributed by atoms with Gasteiger partial charge in [-0.3, -0.25) is 28.9 Å². The fourth-order valence-electron chi connectivity index (χ4n) is 6.75. The van der Waals surface area contributed by atoms with Crippen LogP contribution in [-0.2, 0) is 33.5 Å². The number of rotatable bonds is 11. The van der Waals surface area contributed by atoms with Crippen molar-refractivity contribution < 1.29 is 43.4 Å². The maximum atomic E-state index is 13.4. The lowest BCUT2D eigenvalue weighted by Crippen LogP contribution is -2.57. The number of ether oxygens (including phenoxy) is 1. The molecule has 16 nitrogen and oxygen atoms in total. The van der Waals surface area contributed by atoms with E-state index < -0.39 is 42.1 Å². The van der Waals surface area contributed by atoms with Crippen LogP contribution in [0.15, 0.2) is 60.7 Å². The van der Waals surface area contributed by atoms with Crippen molar-refractivity contribution >= 4 is 47.6 Å². The number of hydrogen-bond acceptors (Lipinski definition) is 10. The average molecular weight is 780 g/mol. The number of aryl methyl sites for hydroxylation is 1. The number of nitrogens with zero attached hydrogens (tertiary/aromatic N) is 3. The molecule has 56 heavy (non-hydrogen) atoms. The molecule has 6 N–H and O–H groups in total. The Hall–Kier alpha value is -5.35. The number of nitrogens with two attached hydrogens (primary N) is 1. The van der Waals surface area contributed by atoms with Crippen molar-refractivity contribution in [1.29, 1.82) is 0 Å². The summed E-state index contributed by atoms with van der Waals surface area (Å²) in [6, 6.07) is 16.1. The minimum atomic E-state index is -0.882. The number of likely N-dealkylation sites (tertiary alicyclic amines) is 3. The number of amides is 6. The van der Waals surface area contributed by atoms with Crippen LogP contribution in [0.2, 0.25) is 0 Å². The number of piperidine rings is 1. The predicted octanol–water partition coefficient (Wildman–Crippen LogP) is 1.59. The Morgan fingerprint density at radius 1 is 0.929 bits per heavy atom. The third-order valence-corrected chi connectivity index (χ3v) is 9.53. The molecule has 0 radical (unpaired) electrons. The molecule has 0 aliphatic carbocycles. The first-order valence-electron chi connectivity index (χ1n) is 19.0. The standard InChI is InChI=1S/C24H38N4O7.C9H11N3O2.C7H8/c1-15-10-20(26(3)12-15)24(34)35-9-7-21(31)28-13-17(30)11-19(28)23(33)27-8-5-4-6-18(27)22(32)25-16(2)14-29;10-8(13)6-11-9(14)12-7-4-2-1-3-5-7;1-7-5-3-2-4-6-7/h14-20,30H,4-13H2,1-3H3,(H,25,32);1-5H,6H2,(H2,10,13)(H2,11,12,14);2-6H,1H3. The number of carbonyl (C=O) groups excluding carboxylic acids is 7. The minimum absolute atomic E-state index is 0.0128. The fourth-order valence-corrected chi connectivity index (χ4v) is 6.75. The molecule has 0 spiro atoms. The summed E-state index contributed by atoms with van der Waals surface area (Å²) in [5.74, 6) is -1.69. The molecule has 16 heteroatoms. The summed E-state index contributed by atoms with van der Waals surface area (Å²) in [5.41, 5.74) is 6.84. The molecule has 5 rings (SSSR count). The van der Waals surface area contributed by atoms with Crippen molar-refractivity contribution in [2.45, 2.75) is 89.6 Å². The molecule has 2 aromatic rings. The van der Waals surface area contributed by atoms with Crippen molar-refractivity contribution in [2.75, 3.05) is 45.2 Å². The summed E-state index contributed by atoms with van der Waals surface area (Å²) in [5, 5.41) is 17.7. The number of urea groups is 1. The zero-order chi connectivity index (χ0) is 41.2. The summed E-state index contributed by atoms with van der Waals surface area (Å²) in [4.78, 5) is 88.5. The van der Waals surface area contributed by atoms with Crippen LogP contribution in [0.4, 0.5) is 10.5 Å². The van der Waals surface area contributed by atoms with E-state index in [0.29, 0.717) is 37.3 Å². The number of nitrogens with one attached hydrogen (secondary N) is 3. The van der Waals surface area contributed by atoms with Gasteiger partial charge in [0.05, 0.1) is 25.1 Å². The van der Waals surface area contributed by atoms with Gasteiger partial charge in [-0.15, -0.1) is 0 Å². The maximum Gasteiger partial charge on any atom is 0.323 e. The van der Waals surface area contributed by atoms with E-state index in [2.05, 4.69) is 41.9 Å². The van der Waals surface area contributed by atoms with Gasteiger partial charge in [0, 0.05) is 31.7 Å². The van der Waals surface area contributed by atoms with E-state index in [4.69, 9.17) is 10.5 Å². The highest BCUT2D eigenvalue weighted by Crippen LogP contribution is 2.26. The van der Waals surface area contributed by atoms with Gasteiger partial charge in [0.1, 0.15) is 31.0 Å². The Bertz CT molecular complexity index is 1610. The first kappa shape index (κ1) is 45.0. The van der Waals surface area contributed by atoms with Gasteiger partial charge in [-0.05, 0) is 64.6 Å². The van der Waals surface area contributed by atoms with E-state index >= 15 is 0 Å². The molecule has 0 bridgehead atoms. The van der Waals surface area contributed by atoms with Crippen LogP contribution in [0, 0.1) is 12.8 Å². The van der Waals surface area contributed by atoms with Crippen LogP contribution >= 0.6 is 0 Å². The number of anilines is 1. The largest absolute Gasteiger partial charge is 0.464 e. The number of aliphatic hydroxyl groups is 1. The first-order chi connectivity index (χ1) is 26.7. The van der Waals surface area contributed by atoms with Gasteiger partial charge in [-0.25, -0.2) is 4.79 Å². The first-order valence-corrected chi connectivity index (χ1v) is 19.0. The van der Waals surface area contributed by atoms with Crippen molar-refractivity contribution in [1.82, 2.24) is 25.3 Å². The number of primary amides is 1. The SMILES string of the molecule is CC1CC(C(=O)OCCC(=O)N2CC(O)CC2C(=O)N2CCCCC2C(=O)NC(C)C=O)N(C)C1.Cc1ccccc1.NC(=O)CNC(=O)Nc1ccccc1. The lowest BCUT2D eigenvalue weighted by Gasteiger charge is -2.38. The average Bonchev–Trinajstić information content (AvgIpc) is 3.75. The highest BCUT2D eigenvalue weighted by Gasteiger charge is 2.44. The second-order valence-corrected chi connectivity index (χ2v) is 14.4. The molecule has 0 aromatic heterocycles. The van der Waals surface area contributed by atoms with E-state index in [1.165, 1.54) is 15.4 Å². The number of carbonyl (C=O) groups is 7. The predicted molar refractivity (Wildman–Crippen MR) is 209 cm³/mol. The molecule has 3 saturated heterocycles. The molecule has 6 unspecified atom stereocenters. The molecule has 3 aliphatic heterocycles. The molecule has 6 atom stereocenters. The third kappa shape index (κ3) is 14.7. The van der Waals surface area contributed by atoms with E-state index in [0.717, 1.165) is 19.4 Å². The second-order valence-electron chi connectivity index (χ2n) is 14.4. The normalized spacial score (nSPS) is 22.2. The number of β-amino-alcohol motifs (C(OH)–C–C–N with tert-alkyl or cyclic N) is 1. The molecule has 3 heterocycles. The molecule has 0 saturated carbocycles. The Morgan fingerprint density at radius 2 is 1.59 bits per heavy atom. The lowest BCUT2D eigenvalue weighted by atomic mass is 9.99. The molecular formula is C40H57N7O9. The summed E-state index contributed by atoms with van der Waals surface area (Å²) in [6.07, 6.45) is 2.46. The number of esters is 1. The fraction of sp³-hybridized carbons (Fsp3) is 0.525. The number of hydrogen-bond donors (Lipinski definition) is 5. The van der Waals surface area contributed by atoms with Gasteiger partial charge < -0.3 is 46.1 Å². The lowest BCUT2D eigenvalue weighted by molar-refractivity contribution is -0.152. The van der Waals surface area contributed by atoms with Crippen molar-refractivity contribution in [3.63, 3.8) is 0 Å². The number of para-hydroxylation sites is 1. The smallest absolute Gasteiger partial charge is 0.323 e. The Morgan fingerprint density at radius 3 is 2.16 bits per heavy atom. The highest BCUT2D eigenvalue weighted by atomic mass is 16.5. The molecule has 6 amide bonds. The molecule has 306 valence electrons. The van der Waals surface area contributed by atoms with Crippen molar-refractivity contribution in [3.05, 3.63) is 66.2 Å². The minimum Gasteiger partial charge on any atom is -0.464 e. The van der Waals surface area contributed by atoms with Gasteiger partial charge in [-0.1, -0.05) is 61.0 Å². The van der Waals surface area contributed by atoms with Crippen molar-refractivity contribution in [2.24, 2.45) is 11.7 Å². The maximum absolute atomic E-state index is 13.4. The summed E-state index contributed by atoms with van der Waals surface area (Å²) in [7, 11) is 1.87. The van der Waals surface area contributed by atoms with Crippen LogP contribution < -0.4 is 21.7 Å². The Balaban J connectivity index is 0.000000325. The Labute approximate surface area is 328 Å². The number of likely N-dealkylation sites (N-methyl/N-ethyl adjacent to an activating group) is 1. The second kappa shape index (κ2) is 22.9. The number of aldehydes is 1. The van der Waals surface area contributed by atoms with Gasteiger partial charge in [-0.2, -0.15) is 0 Å². The quantitative estimate of drug-likeness (QED) is 0.164. The molecule has 3 aliphatic rings. The number of aliphatic hydroxyl groups excluding tert-OH is 1. The number of benzene rings is 2. The monoisotopic (exact) mass is 779 g/mol. The summed E-state index contributed by atoms with van der Waals surface area (Å²) < 4.78 is 5.34. The van der Waals surface area contributed by atoms with E-state index in [9.17, 15) is 38.7 Å². The highest BCUT2D eigenvalue weighted by molar-refractivity contribution is 5.94. The third-order valence-electron chi connectivity index (χ3n) is 9.53. The Kier molecular flexibility index (Phi) is 18.4. The van der Waals surface area contributed by atoms with E-state index in [1.807, 2.05) is 36.2 Å². The van der Waals surface area contributed by atoms with Crippen LogP contribution in [0.3, 0.4) is 0 Å². The van der Waals surface area contributed by atoms with E-state index in [-0.39, 0.29) is 56.4 Å². The zero-order valence-electron chi connectivity index (χ0n) is 32.7. The zero-order valence-corrected chi connectivity index (χ0v) is 32.7. The topological polar surface area (TPSA) is 221 Å². The van der Waals surface area contributed by atoms with Crippen LogP contribution in [0.25, 0.3) is 0 Å². The summed E-state index contributed by atoms with van der Waals surface area (Å²) in [6.45, 7) is 6.65. The van der Waals surface area contributed by atoms with Gasteiger partial charge >= 0.3 is 12.0 Å². The van der Waals surface area contributed by atoms with Crippen LogP contribution in [0.1, 0.15) is 57.9 Å².